The highest BCUT2D eigenvalue weighted by Crippen LogP contribution is 2.23. The number of carbonyl (C=O) groups is 1. The minimum atomic E-state index is -1.57. The van der Waals surface area contributed by atoms with E-state index in [4.69, 9.17) is 5.73 Å². The Balaban J connectivity index is 1.85. The van der Waals surface area contributed by atoms with E-state index in [1.54, 1.807) is 12.3 Å². The number of benzene rings is 2. The number of nitrogens with zero attached hydrogens (tertiary/aromatic N) is 1. The Bertz CT molecular complexity index is 1090. The number of fused-ring (bicyclic) bond motifs is 1. The molecule has 1 aromatic heterocycles. The SMILES string of the molecule is Cc1cc(C)c(S(=O)NC(C)Cn2cc(C(N)=O)c3ccccc32)c([NH+]=O)c1. The molecule has 7 nitrogen and oxygen atoms in total. The van der Waals surface area contributed by atoms with Gasteiger partial charge in [0, 0.05) is 45.8 Å². The molecule has 28 heavy (non-hydrogen) atoms. The molecule has 3 rings (SSSR count). The van der Waals surface area contributed by atoms with Gasteiger partial charge in [0.2, 0.25) is 0 Å². The van der Waals surface area contributed by atoms with Gasteiger partial charge in [0.15, 0.2) is 0 Å². The monoisotopic (exact) mass is 399 g/mol. The van der Waals surface area contributed by atoms with Crippen LogP contribution in [-0.4, -0.2) is 20.7 Å². The molecule has 8 heteroatoms. The van der Waals surface area contributed by atoms with Crippen LogP contribution in [0.5, 0.6) is 0 Å². The van der Waals surface area contributed by atoms with Crippen LogP contribution in [-0.2, 0) is 17.5 Å². The van der Waals surface area contributed by atoms with Crippen LogP contribution in [0, 0.1) is 18.8 Å². The molecule has 146 valence electrons. The second-order valence-corrected chi connectivity index (χ2v) is 8.11. The molecule has 0 fully saturated rings. The highest BCUT2D eigenvalue weighted by molar-refractivity contribution is 7.83. The summed E-state index contributed by atoms with van der Waals surface area (Å²) in [4.78, 5) is 23.5. The van der Waals surface area contributed by atoms with Crippen molar-refractivity contribution < 1.29 is 14.2 Å². The third-order valence-corrected chi connectivity index (χ3v) is 6.08. The molecule has 0 saturated heterocycles. The molecule has 0 aliphatic heterocycles. The van der Waals surface area contributed by atoms with Gasteiger partial charge in [-0.1, -0.05) is 24.3 Å². The van der Waals surface area contributed by atoms with Gasteiger partial charge in [-0.3, -0.25) is 4.79 Å². The van der Waals surface area contributed by atoms with E-state index >= 15 is 0 Å². The van der Waals surface area contributed by atoms with Gasteiger partial charge < -0.3 is 10.3 Å². The highest BCUT2D eigenvalue weighted by Gasteiger charge is 2.21. The van der Waals surface area contributed by atoms with Crippen molar-refractivity contribution in [1.29, 1.82) is 0 Å². The first-order chi connectivity index (χ1) is 13.3. The van der Waals surface area contributed by atoms with Crippen LogP contribution >= 0.6 is 0 Å². The van der Waals surface area contributed by atoms with E-state index in [1.165, 1.54) is 0 Å². The third kappa shape index (κ3) is 3.88. The lowest BCUT2D eigenvalue weighted by molar-refractivity contribution is -0.382. The Hall–Kier alpha value is -2.84. The molecule has 1 heterocycles. The van der Waals surface area contributed by atoms with E-state index in [0.717, 1.165) is 22.0 Å². The zero-order valence-corrected chi connectivity index (χ0v) is 16.8. The van der Waals surface area contributed by atoms with E-state index in [-0.39, 0.29) is 6.04 Å². The van der Waals surface area contributed by atoms with Crippen LogP contribution in [0.25, 0.3) is 10.9 Å². The van der Waals surface area contributed by atoms with Gasteiger partial charge in [-0.15, -0.1) is 0 Å². The van der Waals surface area contributed by atoms with Gasteiger partial charge in [0.05, 0.1) is 5.56 Å². The van der Waals surface area contributed by atoms with Gasteiger partial charge >= 0.3 is 0 Å². The van der Waals surface area contributed by atoms with E-state index in [2.05, 4.69) is 4.72 Å². The summed E-state index contributed by atoms with van der Waals surface area (Å²) in [5, 5.41) is 2.67. The number of rotatable bonds is 7. The van der Waals surface area contributed by atoms with Crippen LogP contribution in [0.3, 0.4) is 0 Å². The molecule has 2 aromatic carbocycles. The highest BCUT2D eigenvalue weighted by atomic mass is 32.2. The maximum Gasteiger partial charge on any atom is 0.271 e. The smallest absolute Gasteiger partial charge is 0.271 e. The second kappa shape index (κ2) is 8.04. The number of primary amides is 1. The second-order valence-electron chi connectivity index (χ2n) is 6.92. The van der Waals surface area contributed by atoms with Gasteiger partial charge in [0.1, 0.15) is 15.9 Å². The van der Waals surface area contributed by atoms with Crippen molar-refractivity contribution >= 4 is 33.5 Å². The predicted octanol–water partition coefficient (Wildman–Crippen LogP) is 1.54. The topological polar surface area (TPSA) is 108 Å². The van der Waals surface area contributed by atoms with Crippen molar-refractivity contribution in [2.24, 2.45) is 5.73 Å². The maximum atomic E-state index is 12.9. The summed E-state index contributed by atoms with van der Waals surface area (Å²) in [5.41, 5.74) is 8.82. The average molecular weight is 399 g/mol. The molecule has 3 aromatic rings. The number of amides is 1. The number of hydrogen-bond donors (Lipinski definition) is 3. The Kier molecular flexibility index (Phi) is 5.71. The number of carbonyl (C=O) groups excluding carboxylic acids is 1. The number of nitrogens with two attached hydrogens (primary N) is 1. The zero-order valence-electron chi connectivity index (χ0n) is 16.0. The minimum Gasteiger partial charge on any atom is -0.366 e. The van der Waals surface area contributed by atoms with E-state index in [0.29, 0.717) is 22.7 Å². The zero-order chi connectivity index (χ0) is 20.4. The van der Waals surface area contributed by atoms with Crippen molar-refractivity contribution in [3.8, 4) is 0 Å². The summed E-state index contributed by atoms with van der Waals surface area (Å²) >= 11 is 0. The molecule has 4 N–H and O–H groups in total. The number of nitroso groups, excluding NO2 is 1. The fourth-order valence-electron chi connectivity index (χ4n) is 3.44. The van der Waals surface area contributed by atoms with Crippen molar-refractivity contribution in [3.05, 3.63) is 64.2 Å². The molecular weight excluding hydrogens is 376 g/mol. The van der Waals surface area contributed by atoms with Crippen LogP contribution in [0.2, 0.25) is 0 Å². The minimum absolute atomic E-state index is 0.197. The fourth-order valence-corrected chi connectivity index (χ4v) is 4.65. The van der Waals surface area contributed by atoms with Crippen LogP contribution in [0.15, 0.2) is 47.5 Å². The van der Waals surface area contributed by atoms with Crippen LogP contribution in [0.1, 0.15) is 28.4 Å². The third-order valence-electron chi connectivity index (χ3n) is 4.55. The molecular formula is C20H23N4O3S+. The van der Waals surface area contributed by atoms with Crippen molar-refractivity contribution in [1.82, 2.24) is 9.29 Å². The fraction of sp³-hybridized carbons (Fsp3) is 0.250. The molecule has 2 atom stereocenters. The van der Waals surface area contributed by atoms with Crippen LogP contribution < -0.4 is 15.6 Å². The van der Waals surface area contributed by atoms with Crippen molar-refractivity contribution in [3.63, 3.8) is 0 Å². The summed E-state index contributed by atoms with van der Waals surface area (Å²) < 4.78 is 17.8. The predicted molar refractivity (Wildman–Crippen MR) is 109 cm³/mol. The summed E-state index contributed by atoms with van der Waals surface area (Å²) in [6.45, 7) is 6.07. The lowest BCUT2D eigenvalue weighted by Gasteiger charge is -2.16. The lowest BCUT2D eigenvalue weighted by Crippen LogP contribution is -2.57. The molecule has 0 aliphatic rings. The Morgan fingerprint density at radius 2 is 2.00 bits per heavy atom. The molecule has 0 spiro atoms. The van der Waals surface area contributed by atoms with Crippen molar-refractivity contribution in [2.75, 3.05) is 0 Å². The van der Waals surface area contributed by atoms with E-state index < -0.39 is 16.9 Å². The Morgan fingerprint density at radius 3 is 2.68 bits per heavy atom. The van der Waals surface area contributed by atoms with Crippen LogP contribution in [0.4, 0.5) is 5.69 Å². The van der Waals surface area contributed by atoms with E-state index in [9.17, 15) is 13.9 Å². The van der Waals surface area contributed by atoms with E-state index in [1.807, 2.05) is 60.8 Å². The molecule has 0 saturated carbocycles. The van der Waals surface area contributed by atoms with Gasteiger partial charge in [-0.05, 0) is 38.0 Å². The van der Waals surface area contributed by atoms with Gasteiger partial charge in [-0.25, -0.2) is 8.93 Å². The summed E-state index contributed by atoms with van der Waals surface area (Å²) in [7, 11) is -1.57. The normalized spacial score (nSPS) is 13.4. The standard InChI is InChI=1S/C20H22N4O3S/c1-12-8-13(2)19(17(9-12)22-26)28(27)23-14(3)10-24-11-16(20(21)25)15-6-4-5-7-18(15)24/h4-9,11,14,23H,10H2,1-3H3,(H2,21,25)/p+1. The Labute approximate surface area is 165 Å². The first-order valence-corrected chi connectivity index (χ1v) is 10.0. The number of para-hydroxylation sites is 1. The molecule has 2 unspecified atom stereocenters. The lowest BCUT2D eigenvalue weighted by atomic mass is 10.1. The average Bonchev–Trinajstić information content (AvgIpc) is 2.99. The summed E-state index contributed by atoms with van der Waals surface area (Å²) in [6, 6.07) is 10.9. The molecule has 0 bridgehead atoms. The number of hydrogen-bond acceptors (Lipinski definition) is 3. The van der Waals surface area contributed by atoms with Gasteiger partial charge in [-0.2, -0.15) is 0 Å². The largest absolute Gasteiger partial charge is 0.366 e. The van der Waals surface area contributed by atoms with Gasteiger partial charge in [0.25, 0.3) is 11.6 Å². The summed E-state index contributed by atoms with van der Waals surface area (Å²) in [6.07, 6.45) is 1.72. The quantitative estimate of drug-likeness (QED) is 0.561. The van der Waals surface area contributed by atoms with Crippen molar-refractivity contribution in [2.45, 2.75) is 38.3 Å². The first kappa shape index (κ1) is 19.9. The number of aromatic nitrogens is 1. The Morgan fingerprint density at radius 1 is 1.29 bits per heavy atom. The summed E-state index contributed by atoms with van der Waals surface area (Å²) in [5.74, 6) is -0.486. The molecule has 0 radical (unpaired) electrons. The molecule has 1 amide bonds. The number of nitrogens with one attached hydrogen (secondary N) is 2. The first-order valence-electron chi connectivity index (χ1n) is 8.86. The molecule has 0 aliphatic carbocycles. The number of aryl methyl sites for hydroxylation is 2. The maximum absolute atomic E-state index is 12.9.